The average Bonchev–Trinajstić information content (AvgIpc) is 2.26. The molecule has 0 aliphatic heterocycles. The van der Waals surface area contributed by atoms with Crippen molar-refractivity contribution >= 4 is 10.9 Å². The molecule has 1 atom stereocenters. The summed E-state index contributed by atoms with van der Waals surface area (Å²) in [6.45, 7) is 0. The number of benzene rings is 1. The number of halogens is 3. The molecule has 0 radical (unpaired) electrons. The van der Waals surface area contributed by atoms with Crippen molar-refractivity contribution in [2.75, 3.05) is 0 Å². The van der Waals surface area contributed by atoms with Crippen molar-refractivity contribution in [3.63, 3.8) is 0 Å². The Balaban J connectivity index is 2.47. The second-order valence-electron chi connectivity index (χ2n) is 3.40. The van der Waals surface area contributed by atoms with Gasteiger partial charge in [-0.25, -0.2) is 0 Å². The molecular weight excluding hydrogens is 219 g/mol. The quantitative estimate of drug-likeness (QED) is 0.812. The van der Waals surface area contributed by atoms with Crippen LogP contribution in [-0.2, 0) is 0 Å². The number of aliphatic hydroxyl groups excluding tert-OH is 1. The predicted molar refractivity (Wildman–Crippen MR) is 52.8 cm³/mol. The SMILES string of the molecule is O[C@@H](c1ccc2ncccc2c1)C(F)(F)F. The Labute approximate surface area is 89.4 Å². The number of aromatic nitrogens is 1. The number of hydrogen-bond donors (Lipinski definition) is 1. The van der Waals surface area contributed by atoms with E-state index in [0.29, 0.717) is 10.9 Å². The van der Waals surface area contributed by atoms with Crippen molar-refractivity contribution in [3.8, 4) is 0 Å². The summed E-state index contributed by atoms with van der Waals surface area (Å²) in [4.78, 5) is 3.98. The molecule has 0 fully saturated rings. The molecule has 0 saturated heterocycles. The Morgan fingerprint density at radius 2 is 1.94 bits per heavy atom. The summed E-state index contributed by atoms with van der Waals surface area (Å²) in [6, 6.07) is 7.26. The van der Waals surface area contributed by atoms with Gasteiger partial charge in [0.25, 0.3) is 0 Å². The molecule has 0 aliphatic carbocycles. The second kappa shape index (κ2) is 3.75. The van der Waals surface area contributed by atoms with Gasteiger partial charge in [0, 0.05) is 11.6 Å². The molecular formula is C11H8F3NO. The van der Waals surface area contributed by atoms with Crippen LogP contribution in [0.15, 0.2) is 36.5 Å². The lowest BCUT2D eigenvalue weighted by Crippen LogP contribution is -2.20. The van der Waals surface area contributed by atoms with Crippen LogP contribution >= 0.6 is 0 Å². The van der Waals surface area contributed by atoms with Crippen LogP contribution in [0.25, 0.3) is 10.9 Å². The predicted octanol–water partition coefficient (Wildman–Crippen LogP) is 2.83. The molecule has 2 aromatic rings. The molecule has 1 aromatic heterocycles. The zero-order chi connectivity index (χ0) is 11.8. The molecule has 84 valence electrons. The lowest BCUT2D eigenvalue weighted by Gasteiger charge is -2.14. The molecule has 1 aromatic carbocycles. The fourth-order valence-electron chi connectivity index (χ4n) is 1.45. The lowest BCUT2D eigenvalue weighted by molar-refractivity contribution is -0.206. The van der Waals surface area contributed by atoms with Gasteiger partial charge < -0.3 is 5.11 Å². The molecule has 2 nitrogen and oxygen atoms in total. The van der Waals surface area contributed by atoms with Gasteiger partial charge in [-0.15, -0.1) is 0 Å². The first-order chi connectivity index (χ1) is 7.48. The largest absolute Gasteiger partial charge is 0.418 e. The van der Waals surface area contributed by atoms with Crippen LogP contribution in [0.5, 0.6) is 0 Å². The Morgan fingerprint density at radius 3 is 2.62 bits per heavy atom. The van der Waals surface area contributed by atoms with Crippen molar-refractivity contribution in [2.24, 2.45) is 0 Å². The Bertz CT molecular complexity index is 510. The third-order valence-electron chi connectivity index (χ3n) is 2.25. The highest BCUT2D eigenvalue weighted by Gasteiger charge is 2.39. The van der Waals surface area contributed by atoms with Gasteiger partial charge in [-0.2, -0.15) is 13.2 Å². The molecule has 2 rings (SSSR count). The summed E-state index contributed by atoms with van der Waals surface area (Å²) in [7, 11) is 0. The van der Waals surface area contributed by atoms with E-state index >= 15 is 0 Å². The van der Waals surface area contributed by atoms with Crippen molar-refractivity contribution < 1.29 is 18.3 Å². The van der Waals surface area contributed by atoms with E-state index in [4.69, 9.17) is 5.11 Å². The smallest absolute Gasteiger partial charge is 0.379 e. The topological polar surface area (TPSA) is 33.1 Å². The van der Waals surface area contributed by atoms with Crippen LogP contribution in [-0.4, -0.2) is 16.3 Å². The Morgan fingerprint density at radius 1 is 1.19 bits per heavy atom. The van der Waals surface area contributed by atoms with Crippen LogP contribution in [0.1, 0.15) is 11.7 Å². The lowest BCUT2D eigenvalue weighted by atomic mass is 10.1. The number of rotatable bonds is 1. The number of hydrogen-bond acceptors (Lipinski definition) is 2. The van der Waals surface area contributed by atoms with E-state index in [2.05, 4.69) is 4.98 Å². The fraction of sp³-hybridized carbons (Fsp3) is 0.182. The molecule has 0 saturated carbocycles. The van der Waals surface area contributed by atoms with Crippen LogP contribution in [0.3, 0.4) is 0 Å². The van der Waals surface area contributed by atoms with Gasteiger partial charge in [0.2, 0.25) is 0 Å². The number of pyridine rings is 1. The third kappa shape index (κ3) is 1.99. The summed E-state index contributed by atoms with van der Waals surface area (Å²) in [6.07, 6.45) is -5.53. The van der Waals surface area contributed by atoms with E-state index in [1.165, 1.54) is 18.2 Å². The number of nitrogens with zero attached hydrogens (tertiary/aromatic N) is 1. The van der Waals surface area contributed by atoms with Crippen LogP contribution in [0.2, 0.25) is 0 Å². The zero-order valence-electron chi connectivity index (χ0n) is 8.07. The Kier molecular flexibility index (Phi) is 2.55. The molecule has 0 bridgehead atoms. The van der Waals surface area contributed by atoms with E-state index in [1.807, 2.05) is 0 Å². The minimum Gasteiger partial charge on any atom is -0.379 e. The molecule has 1 heterocycles. The molecule has 0 spiro atoms. The Hall–Kier alpha value is -1.62. The van der Waals surface area contributed by atoms with E-state index in [-0.39, 0.29) is 5.56 Å². The summed E-state index contributed by atoms with van der Waals surface area (Å²) in [5.74, 6) is 0. The average molecular weight is 227 g/mol. The van der Waals surface area contributed by atoms with Crippen molar-refractivity contribution in [1.29, 1.82) is 0 Å². The highest BCUT2D eigenvalue weighted by atomic mass is 19.4. The monoisotopic (exact) mass is 227 g/mol. The first-order valence-electron chi connectivity index (χ1n) is 4.58. The van der Waals surface area contributed by atoms with Gasteiger partial charge in [0.1, 0.15) is 0 Å². The minimum atomic E-state index is -4.64. The van der Waals surface area contributed by atoms with Gasteiger partial charge in [0.05, 0.1) is 5.52 Å². The van der Waals surface area contributed by atoms with Gasteiger partial charge in [0.15, 0.2) is 6.10 Å². The van der Waals surface area contributed by atoms with E-state index in [0.717, 1.165) is 0 Å². The molecule has 1 N–H and O–H groups in total. The highest BCUT2D eigenvalue weighted by Crippen LogP contribution is 2.33. The summed E-state index contributed by atoms with van der Waals surface area (Å²) in [5.41, 5.74) is 0.425. The fourth-order valence-corrected chi connectivity index (χ4v) is 1.45. The van der Waals surface area contributed by atoms with E-state index < -0.39 is 12.3 Å². The molecule has 0 aliphatic rings. The van der Waals surface area contributed by atoms with Crippen LogP contribution < -0.4 is 0 Å². The van der Waals surface area contributed by atoms with Crippen LogP contribution in [0, 0.1) is 0 Å². The van der Waals surface area contributed by atoms with E-state index in [9.17, 15) is 13.2 Å². The maximum absolute atomic E-state index is 12.3. The molecule has 5 heteroatoms. The van der Waals surface area contributed by atoms with Gasteiger partial charge in [-0.05, 0) is 23.8 Å². The minimum absolute atomic E-state index is 0.173. The number of fused-ring (bicyclic) bond motifs is 1. The van der Waals surface area contributed by atoms with E-state index in [1.54, 1.807) is 18.3 Å². The summed E-state index contributed by atoms with van der Waals surface area (Å²) in [5, 5.41) is 9.64. The summed E-state index contributed by atoms with van der Waals surface area (Å²) < 4.78 is 36.8. The second-order valence-corrected chi connectivity index (χ2v) is 3.40. The summed E-state index contributed by atoms with van der Waals surface area (Å²) >= 11 is 0. The number of alkyl halides is 3. The van der Waals surface area contributed by atoms with Gasteiger partial charge in [-0.1, -0.05) is 12.1 Å². The molecule has 16 heavy (non-hydrogen) atoms. The van der Waals surface area contributed by atoms with Crippen molar-refractivity contribution in [2.45, 2.75) is 12.3 Å². The third-order valence-corrected chi connectivity index (χ3v) is 2.25. The van der Waals surface area contributed by atoms with Gasteiger partial charge in [-0.3, -0.25) is 4.98 Å². The van der Waals surface area contributed by atoms with Crippen LogP contribution in [0.4, 0.5) is 13.2 Å². The normalized spacial score (nSPS) is 14.0. The highest BCUT2D eigenvalue weighted by molar-refractivity contribution is 5.79. The first-order valence-corrected chi connectivity index (χ1v) is 4.58. The molecule has 0 unspecified atom stereocenters. The zero-order valence-corrected chi connectivity index (χ0v) is 8.07. The van der Waals surface area contributed by atoms with Crippen molar-refractivity contribution in [1.82, 2.24) is 4.98 Å². The number of aliphatic hydroxyl groups is 1. The molecule has 0 amide bonds. The maximum atomic E-state index is 12.3. The first kappa shape index (κ1) is 10.9. The standard InChI is InChI=1S/C11H8F3NO/c12-11(13,14)10(16)8-3-4-9-7(6-8)2-1-5-15-9/h1-6,10,16H/t10-/m0/s1. The van der Waals surface area contributed by atoms with Gasteiger partial charge >= 0.3 is 6.18 Å². The van der Waals surface area contributed by atoms with Crippen molar-refractivity contribution in [3.05, 3.63) is 42.1 Å². The maximum Gasteiger partial charge on any atom is 0.418 e.